The van der Waals surface area contributed by atoms with Crippen LogP contribution in [0.15, 0.2) is 0 Å². The van der Waals surface area contributed by atoms with E-state index in [9.17, 15) is 0 Å². The van der Waals surface area contributed by atoms with Crippen LogP contribution in [-0.4, -0.2) is 60.5 Å². The van der Waals surface area contributed by atoms with Crippen LogP contribution in [-0.2, 0) is 26.1 Å². The van der Waals surface area contributed by atoms with E-state index in [0.29, 0.717) is 0 Å². The second-order valence-electron chi connectivity index (χ2n) is 1.04. The summed E-state index contributed by atoms with van der Waals surface area (Å²) in [5, 5.41) is 14.8. The third-order valence-corrected chi connectivity index (χ3v) is 0. The molecule has 0 rings (SSSR count). The SMILES string of the molecule is CC(=O)O.CC(=O)O.O.O.O.O.O.O.O.[Ni]. The van der Waals surface area contributed by atoms with E-state index in [1.165, 1.54) is 0 Å². The van der Waals surface area contributed by atoms with Gasteiger partial charge in [-0.3, -0.25) is 9.59 Å². The molecule has 0 aromatic heterocycles. The molecule has 16 N–H and O–H groups in total. The van der Waals surface area contributed by atoms with Gasteiger partial charge in [0.2, 0.25) is 0 Å². The first kappa shape index (κ1) is 114. The van der Waals surface area contributed by atoms with Gasteiger partial charge in [0.1, 0.15) is 0 Å². The van der Waals surface area contributed by atoms with E-state index in [-0.39, 0.29) is 54.8 Å². The second kappa shape index (κ2) is 92.2. The first-order chi connectivity index (χ1) is 3.46. The third kappa shape index (κ3) is 2710. The van der Waals surface area contributed by atoms with E-state index < -0.39 is 11.9 Å². The number of rotatable bonds is 0. The maximum absolute atomic E-state index is 9.00. The fourth-order valence-electron chi connectivity index (χ4n) is 0. The van der Waals surface area contributed by atoms with Crippen molar-refractivity contribution in [2.75, 3.05) is 0 Å². The van der Waals surface area contributed by atoms with Gasteiger partial charge >= 0.3 is 0 Å². The smallest absolute Gasteiger partial charge is 0.300 e. The molecule has 0 aliphatic carbocycles. The summed E-state index contributed by atoms with van der Waals surface area (Å²) < 4.78 is 0. The van der Waals surface area contributed by atoms with Gasteiger partial charge in [-0.1, -0.05) is 0 Å². The number of carboxylic acid groups (broad SMARTS) is 2. The summed E-state index contributed by atoms with van der Waals surface area (Å²) in [6, 6.07) is 0. The minimum absolute atomic E-state index is 0. The van der Waals surface area contributed by atoms with Crippen LogP contribution in [0.2, 0.25) is 0 Å². The molecule has 0 atom stereocenters. The first-order valence-electron chi connectivity index (χ1n) is 1.86. The minimum Gasteiger partial charge on any atom is -0.481 e. The van der Waals surface area contributed by atoms with E-state index in [0.717, 1.165) is 13.8 Å². The molecule has 0 bridgehead atoms. The topological polar surface area (TPSA) is 295 Å². The maximum atomic E-state index is 9.00. The summed E-state index contributed by atoms with van der Waals surface area (Å²) in [6.07, 6.45) is 0. The van der Waals surface area contributed by atoms with Crippen molar-refractivity contribution in [2.24, 2.45) is 0 Å². The summed E-state index contributed by atoms with van der Waals surface area (Å²) >= 11 is 0. The van der Waals surface area contributed by atoms with Gasteiger partial charge in [-0.25, -0.2) is 0 Å². The van der Waals surface area contributed by atoms with E-state index in [4.69, 9.17) is 19.8 Å². The van der Waals surface area contributed by atoms with Gasteiger partial charge in [0.05, 0.1) is 0 Å². The van der Waals surface area contributed by atoms with Crippen LogP contribution in [0.1, 0.15) is 13.8 Å². The van der Waals surface area contributed by atoms with Crippen molar-refractivity contribution in [1.29, 1.82) is 0 Å². The zero-order valence-corrected chi connectivity index (χ0v) is 9.51. The molecule has 0 aliphatic heterocycles. The van der Waals surface area contributed by atoms with E-state index in [1.54, 1.807) is 0 Å². The van der Waals surface area contributed by atoms with E-state index in [2.05, 4.69) is 0 Å². The molecule has 0 heterocycles. The molecule has 0 radical (unpaired) electrons. The molecule has 0 fully saturated rings. The summed E-state index contributed by atoms with van der Waals surface area (Å²) in [5.74, 6) is -1.67. The van der Waals surface area contributed by atoms with Crippen LogP contribution in [0.4, 0.5) is 0 Å². The Bertz CT molecular complexity index is 76.0. The molecule has 114 valence electrons. The molecular formula is C4H22NiO11. The van der Waals surface area contributed by atoms with Crippen LogP contribution < -0.4 is 0 Å². The normalized spacial score (nSPS) is 3.12. The minimum atomic E-state index is -0.833. The summed E-state index contributed by atoms with van der Waals surface area (Å²) in [6.45, 7) is 2.17. The van der Waals surface area contributed by atoms with Crippen molar-refractivity contribution < 1.29 is 74.6 Å². The summed E-state index contributed by atoms with van der Waals surface area (Å²) in [7, 11) is 0. The Hall–Kier alpha value is -0.846. The van der Waals surface area contributed by atoms with Gasteiger partial charge in [0.25, 0.3) is 11.9 Å². The first-order valence-corrected chi connectivity index (χ1v) is 1.86. The standard InChI is InChI=1S/2C2H4O2.Ni.7H2O/c2*1-2(3)4;;;;;;;;/h2*1H3,(H,3,4);;7*1H2. The average molecular weight is 305 g/mol. The second-order valence-corrected chi connectivity index (χ2v) is 1.04. The number of hydrogen-bond acceptors (Lipinski definition) is 2. The van der Waals surface area contributed by atoms with Crippen molar-refractivity contribution in [3.63, 3.8) is 0 Å². The van der Waals surface area contributed by atoms with Crippen molar-refractivity contribution in [3.8, 4) is 0 Å². The van der Waals surface area contributed by atoms with Gasteiger partial charge in [-0.15, -0.1) is 0 Å². The van der Waals surface area contributed by atoms with Gasteiger partial charge in [-0.2, -0.15) is 0 Å². The Labute approximate surface area is 101 Å². The summed E-state index contributed by atoms with van der Waals surface area (Å²) in [4.78, 5) is 18.0. The number of carbonyl (C=O) groups is 2. The molecule has 0 saturated carbocycles. The zero-order valence-electron chi connectivity index (χ0n) is 8.53. The molecular weight excluding hydrogens is 283 g/mol. The van der Waals surface area contributed by atoms with Crippen LogP contribution in [0, 0.1) is 0 Å². The molecule has 11 nitrogen and oxygen atoms in total. The summed E-state index contributed by atoms with van der Waals surface area (Å²) in [5.41, 5.74) is 0. The maximum Gasteiger partial charge on any atom is 0.300 e. The Balaban J connectivity index is -0.00000000375. The molecule has 0 saturated heterocycles. The van der Waals surface area contributed by atoms with Crippen molar-refractivity contribution in [1.82, 2.24) is 0 Å². The predicted octanol–water partition coefficient (Wildman–Crippen LogP) is -5.59. The number of hydrogen-bond donors (Lipinski definition) is 2. The van der Waals surface area contributed by atoms with Crippen molar-refractivity contribution in [3.05, 3.63) is 0 Å². The van der Waals surface area contributed by atoms with Crippen molar-refractivity contribution >= 4 is 11.9 Å². The van der Waals surface area contributed by atoms with Crippen molar-refractivity contribution in [2.45, 2.75) is 13.8 Å². The molecule has 16 heavy (non-hydrogen) atoms. The fraction of sp³-hybridized carbons (Fsp3) is 0.500. The van der Waals surface area contributed by atoms with Gasteiger partial charge in [0.15, 0.2) is 0 Å². The van der Waals surface area contributed by atoms with Gasteiger partial charge in [0, 0.05) is 30.3 Å². The number of carboxylic acids is 2. The molecule has 0 spiro atoms. The van der Waals surface area contributed by atoms with Gasteiger partial charge in [-0.05, 0) is 0 Å². The molecule has 0 unspecified atom stereocenters. The molecule has 12 heteroatoms. The van der Waals surface area contributed by atoms with E-state index >= 15 is 0 Å². The Kier molecular flexibility index (Phi) is 659. The van der Waals surface area contributed by atoms with Gasteiger partial charge < -0.3 is 48.5 Å². The Morgan fingerprint density at radius 3 is 0.625 bits per heavy atom. The van der Waals surface area contributed by atoms with Crippen LogP contribution in [0.3, 0.4) is 0 Å². The van der Waals surface area contributed by atoms with Crippen LogP contribution in [0.25, 0.3) is 0 Å². The fourth-order valence-corrected chi connectivity index (χ4v) is 0. The Morgan fingerprint density at radius 1 is 0.625 bits per heavy atom. The average Bonchev–Trinajstić information content (AvgIpc) is 1.25. The largest absolute Gasteiger partial charge is 0.481 e. The number of aliphatic carboxylic acids is 2. The monoisotopic (exact) mass is 304 g/mol. The predicted molar refractivity (Wildman–Crippen MR) is 51.9 cm³/mol. The van der Waals surface area contributed by atoms with Crippen LogP contribution in [0.5, 0.6) is 0 Å². The molecule has 0 amide bonds. The molecule has 0 aromatic rings. The van der Waals surface area contributed by atoms with Crippen LogP contribution >= 0.6 is 0 Å². The quantitative estimate of drug-likeness (QED) is 0.413. The molecule has 0 aromatic carbocycles. The third-order valence-electron chi connectivity index (χ3n) is 0. The zero-order chi connectivity index (χ0) is 7.15. The Morgan fingerprint density at radius 2 is 0.625 bits per heavy atom. The van der Waals surface area contributed by atoms with E-state index in [1.807, 2.05) is 0 Å². The molecule has 0 aliphatic rings.